The number of hydrogen-bond acceptors (Lipinski definition) is 4. The van der Waals surface area contributed by atoms with Crippen LogP contribution in [0.15, 0.2) is 71.3 Å². The molecule has 2 amide bonds. The van der Waals surface area contributed by atoms with Crippen LogP contribution in [0.4, 0.5) is 0 Å². The minimum atomic E-state index is -0.451. The number of methoxy groups -OCH3 is 1. The van der Waals surface area contributed by atoms with Gasteiger partial charge < -0.3 is 9.15 Å². The van der Waals surface area contributed by atoms with Gasteiger partial charge in [0.15, 0.2) is 0 Å². The highest BCUT2D eigenvalue weighted by Gasteiger charge is 2.15. The molecule has 6 nitrogen and oxygen atoms in total. The van der Waals surface area contributed by atoms with Crippen LogP contribution >= 0.6 is 0 Å². The number of rotatable bonds is 4. The fourth-order valence-electron chi connectivity index (χ4n) is 3.25. The molecule has 0 aliphatic carbocycles. The second-order valence-corrected chi connectivity index (χ2v) is 6.30. The Bertz CT molecular complexity index is 1180. The Morgan fingerprint density at radius 2 is 1.75 bits per heavy atom. The van der Waals surface area contributed by atoms with Gasteiger partial charge >= 0.3 is 0 Å². The molecule has 0 bridgehead atoms. The molecule has 0 saturated carbocycles. The number of furan rings is 1. The number of ether oxygens (including phenoxy) is 1. The maximum absolute atomic E-state index is 12.4. The minimum absolute atomic E-state index is 0.0766. The van der Waals surface area contributed by atoms with Crippen LogP contribution in [0.5, 0.6) is 5.75 Å². The first-order valence-corrected chi connectivity index (χ1v) is 8.77. The number of amides is 2. The standard InChI is InChI=1S/C22H18N2O4/c1-27-18-9-5-4-8-17(18)22(26)24-23-20(25)12-15-13-28-19-11-10-14-6-2-3-7-16(14)21(15)19/h2-11,13H,12H2,1H3,(H,23,25)(H,24,26). The molecule has 4 rings (SSSR count). The maximum Gasteiger partial charge on any atom is 0.273 e. The molecular formula is C22H18N2O4. The van der Waals surface area contributed by atoms with Crippen molar-refractivity contribution in [3.63, 3.8) is 0 Å². The zero-order valence-electron chi connectivity index (χ0n) is 15.2. The Morgan fingerprint density at radius 3 is 2.61 bits per heavy atom. The van der Waals surface area contributed by atoms with Crippen molar-refractivity contribution in [2.45, 2.75) is 6.42 Å². The molecular weight excluding hydrogens is 356 g/mol. The zero-order valence-corrected chi connectivity index (χ0v) is 15.2. The summed E-state index contributed by atoms with van der Waals surface area (Å²) in [6, 6.07) is 18.6. The van der Waals surface area contributed by atoms with Crippen molar-refractivity contribution in [2.75, 3.05) is 7.11 Å². The van der Waals surface area contributed by atoms with Crippen LogP contribution in [-0.2, 0) is 11.2 Å². The number of nitrogens with one attached hydrogen (secondary N) is 2. The lowest BCUT2D eigenvalue weighted by Crippen LogP contribution is -2.42. The molecule has 0 aliphatic rings. The van der Waals surface area contributed by atoms with E-state index < -0.39 is 5.91 Å². The van der Waals surface area contributed by atoms with Gasteiger partial charge in [-0.2, -0.15) is 0 Å². The Kier molecular flexibility index (Phi) is 4.68. The van der Waals surface area contributed by atoms with Crippen LogP contribution in [0.1, 0.15) is 15.9 Å². The van der Waals surface area contributed by atoms with Gasteiger partial charge in [0.1, 0.15) is 11.3 Å². The van der Waals surface area contributed by atoms with E-state index in [1.165, 1.54) is 7.11 Å². The Balaban J connectivity index is 1.50. The third-order valence-corrected chi connectivity index (χ3v) is 4.56. The van der Waals surface area contributed by atoms with Gasteiger partial charge in [0, 0.05) is 10.9 Å². The van der Waals surface area contributed by atoms with Gasteiger partial charge in [0.2, 0.25) is 5.91 Å². The summed E-state index contributed by atoms with van der Waals surface area (Å²) < 4.78 is 10.8. The number of benzene rings is 3. The molecule has 1 aromatic heterocycles. The predicted molar refractivity (Wildman–Crippen MR) is 106 cm³/mol. The average molecular weight is 374 g/mol. The normalized spacial score (nSPS) is 10.8. The fraction of sp³-hybridized carbons (Fsp3) is 0.0909. The number of carbonyl (C=O) groups is 2. The van der Waals surface area contributed by atoms with E-state index in [4.69, 9.17) is 9.15 Å². The number of para-hydroxylation sites is 1. The molecule has 3 aromatic carbocycles. The third-order valence-electron chi connectivity index (χ3n) is 4.56. The van der Waals surface area contributed by atoms with E-state index in [1.54, 1.807) is 30.5 Å². The largest absolute Gasteiger partial charge is 0.496 e. The highest BCUT2D eigenvalue weighted by molar-refractivity contribution is 6.08. The van der Waals surface area contributed by atoms with E-state index in [0.29, 0.717) is 11.3 Å². The van der Waals surface area contributed by atoms with Crippen molar-refractivity contribution in [1.82, 2.24) is 10.9 Å². The van der Waals surface area contributed by atoms with Crippen molar-refractivity contribution in [3.05, 3.63) is 78.1 Å². The van der Waals surface area contributed by atoms with Gasteiger partial charge in [0.05, 0.1) is 25.4 Å². The van der Waals surface area contributed by atoms with E-state index in [2.05, 4.69) is 10.9 Å². The topological polar surface area (TPSA) is 80.6 Å². The number of hydrogen-bond donors (Lipinski definition) is 2. The molecule has 28 heavy (non-hydrogen) atoms. The van der Waals surface area contributed by atoms with E-state index in [9.17, 15) is 9.59 Å². The maximum atomic E-state index is 12.4. The fourth-order valence-corrected chi connectivity index (χ4v) is 3.25. The number of hydrazine groups is 1. The molecule has 6 heteroatoms. The monoisotopic (exact) mass is 374 g/mol. The van der Waals surface area contributed by atoms with Gasteiger partial charge in [-0.1, -0.05) is 42.5 Å². The van der Waals surface area contributed by atoms with Crippen molar-refractivity contribution < 1.29 is 18.7 Å². The van der Waals surface area contributed by atoms with Crippen molar-refractivity contribution >= 4 is 33.6 Å². The van der Waals surface area contributed by atoms with Crippen LogP contribution in [0.3, 0.4) is 0 Å². The van der Waals surface area contributed by atoms with Crippen LogP contribution in [0.2, 0.25) is 0 Å². The highest BCUT2D eigenvalue weighted by atomic mass is 16.5. The second kappa shape index (κ2) is 7.44. The number of carbonyl (C=O) groups excluding carboxylic acids is 2. The lowest BCUT2D eigenvalue weighted by atomic mass is 10.0. The first-order valence-electron chi connectivity index (χ1n) is 8.77. The summed E-state index contributed by atoms with van der Waals surface area (Å²) in [4.78, 5) is 24.7. The molecule has 0 atom stereocenters. The Hall–Kier alpha value is -3.80. The first-order chi connectivity index (χ1) is 13.7. The van der Waals surface area contributed by atoms with Gasteiger partial charge in [-0.15, -0.1) is 0 Å². The lowest BCUT2D eigenvalue weighted by Gasteiger charge is -2.10. The second-order valence-electron chi connectivity index (χ2n) is 6.30. The van der Waals surface area contributed by atoms with E-state index in [0.717, 1.165) is 27.3 Å². The minimum Gasteiger partial charge on any atom is -0.496 e. The summed E-state index contributed by atoms with van der Waals surface area (Å²) in [5, 5.41) is 3.00. The van der Waals surface area contributed by atoms with Crippen molar-refractivity contribution in [2.24, 2.45) is 0 Å². The quantitative estimate of drug-likeness (QED) is 0.535. The molecule has 0 unspecified atom stereocenters. The smallest absolute Gasteiger partial charge is 0.273 e. The molecule has 1 heterocycles. The van der Waals surface area contributed by atoms with Crippen LogP contribution in [0.25, 0.3) is 21.7 Å². The molecule has 0 fully saturated rings. The van der Waals surface area contributed by atoms with E-state index >= 15 is 0 Å². The zero-order chi connectivity index (χ0) is 19.5. The average Bonchev–Trinajstić information content (AvgIpc) is 3.15. The Labute approximate surface area is 161 Å². The summed E-state index contributed by atoms with van der Waals surface area (Å²) in [5.41, 5.74) is 6.69. The van der Waals surface area contributed by atoms with E-state index in [1.807, 2.05) is 36.4 Å². The summed E-state index contributed by atoms with van der Waals surface area (Å²) in [6.45, 7) is 0. The van der Waals surface area contributed by atoms with Crippen LogP contribution in [0, 0.1) is 0 Å². The lowest BCUT2D eigenvalue weighted by molar-refractivity contribution is -0.121. The third kappa shape index (κ3) is 3.27. The van der Waals surface area contributed by atoms with Gasteiger partial charge in [0.25, 0.3) is 5.91 Å². The number of fused-ring (bicyclic) bond motifs is 3. The summed E-state index contributed by atoms with van der Waals surface area (Å²) >= 11 is 0. The van der Waals surface area contributed by atoms with Crippen LogP contribution < -0.4 is 15.6 Å². The molecule has 0 saturated heterocycles. The van der Waals surface area contributed by atoms with Crippen molar-refractivity contribution in [3.8, 4) is 5.75 Å². The predicted octanol–water partition coefficient (Wildman–Crippen LogP) is 3.60. The SMILES string of the molecule is COc1ccccc1C(=O)NNC(=O)Cc1coc2ccc3ccccc3c12. The summed E-state index contributed by atoms with van der Waals surface area (Å²) in [7, 11) is 1.49. The van der Waals surface area contributed by atoms with Gasteiger partial charge in [-0.05, 0) is 29.0 Å². The van der Waals surface area contributed by atoms with Gasteiger partial charge in [-0.3, -0.25) is 20.4 Å². The molecule has 2 N–H and O–H groups in total. The van der Waals surface area contributed by atoms with Crippen molar-refractivity contribution in [1.29, 1.82) is 0 Å². The highest BCUT2D eigenvalue weighted by Crippen LogP contribution is 2.30. The van der Waals surface area contributed by atoms with Crippen LogP contribution in [-0.4, -0.2) is 18.9 Å². The summed E-state index contributed by atoms with van der Waals surface area (Å²) in [5.74, 6) is -0.367. The molecule has 0 spiro atoms. The molecule has 140 valence electrons. The van der Waals surface area contributed by atoms with Gasteiger partial charge in [-0.25, -0.2) is 0 Å². The summed E-state index contributed by atoms with van der Waals surface area (Å²) in [6.07, 6.45) is 1.66. The van der Waals surface area contributed by atoms with E-state index in [-0.39, 0.29) is 12.3 Å². The molecule has 0 aliphatic heterocycles. The Morgan fingerprint density at radius 1 is 0.964 bits per heavy atom. The molecule has 0 radical (unpaired) electrons. The molecule has 4 aromatic rings. The first kappa shape index (κ1) is 17.6.